The fourth-order valence-corrected chi connectivity index (χ4v) is 2.41. The summed E-state index contributed by atoms with van der Waals surface area (Å²) in [6.07, 6.45) is 5.50. The molecule has 0 amide bonds. The van der Waals surface area contributed by atoms with Crippen molar-refractivity contribution in [2.75, 3.05) is 0 Å². The van der Waals surface area contributed by atoms with Gasteiger partial charge >= 0.3 is 0 Å². The fourth-order valence-electron chi connectivity index (χ4n) is 1.46. The zero-order valence-corrected chi connectivity index (χ0v) is 10.7. The van der Waals surface area contributed by atoms with Crippen molar-refractivity contribution < 1.29 is 0 Å². The number of hydrogen-bond acceptors (Lipinski definition) is 2. The summed E-state index contributed by atoms with van der Waals surface area (Å²) < 4.78 is 0. The molecule has 1 aromatic rings. The van der Waals surface area contributed by atoms with Crippen LogP contribution in [-0.4, -0.2) is 5.54 Å². The Morgan fingerprint density at radius 1 is 1.47 bits per heavy atom. The quantitative estimate of drug-likeness (QED) is 0.768. The summed E-state index contributed by atoms with van der Waals surface area (Å²) >= 11 is 1.78. The van der Waals surface area contributed by atoms with Gasteiger partial charge in [-0.25, -0.2) is 0 Å². The monoisotopic (exact) mass is 221 g/mol. The van der Waals surface area contributed by atoms with Gasteiger partial charge in [0, 0.05) is 10.9 Å². The minimum atomic E-state index is -0.251. The minimum Gasteiger partial charge on any atom is -0.294 e. The van der Waals surface area contributed by atoms with Crippen LogP contribution in [0.4, 0.5) is 0 Å². The van der Waals surface area contributed by atoms with E-state index in [0.717, 1.165) is 0 Å². The van der Waals surface area contributed by atoms with Crippen molar-refractivity contribution in [3.05, 3.63) is 22.4 Å². The van der Waals surface area contributed by atoms with E-state index in [1.54, 1.807) is 11.3 Å². The molecule has 0 aliphatic carbocycles. The average Bonchev–Trinajstić information content (AvgIpc) is 2.66. The molecule has 1 nitrogen and oxygen atoms in total. The lowest BCUT2D eigenvalue weighted by Gasteiger charge is -2.29. The molecule has 0 aliphatic heterocycles. The van der Waals surface area contributed by atoms with Gasteiger partial charge in [0.15, 0.2) is 0 Å². The highest BCUT2D eigenvalue weighted by molar-refractivity contribution is 7.10. The number of terminal acetylenes is 1. The van der Waals surface area contributed by atoms with E-state index in [1.807, 2.05) is 13.8 Å². The highest BCUT2D eigenvalue weighted by Crippen LogP contribution is 2.27. The first-order valence-corrected chi connectivity index (χ1v) is 6.13. The molecule has 0 aliphatic rings. The van der Waals surface area contributed by atoms with Crippen molar-refractivity contribution in [1.29, 1.82) is 0 Å². The van der Waals surface area contributed by atoms with Crippen molar-refractivity contribution >= 4 is 11.3 Å². The molecule has 0 aromatic carbocycles. The lowest BCUT2D eigenvalue weighted by Crippen LogP contribution is -2.41. The molecule has 0 saturated heterocycles. The van der Waals surface area contributed by atoms with E-state index in [9.17, 15) is 0 Å². The average molecular weight is 221 g/mol. The second-order valence-corrected chi connectivity index (χ2v) is 5.63. The summed E-state index contributed by atoms with van der Waals surface area (Å²) in [5, 5.41) is 5.63. The van der Waals surface area contributed by atoms with Crippen LogP contribution in [0.5, 0.6) is 0 Å². The molecule has 82 valence electrons. The normalized spacial score (nSPS) is 13.9. The smallest absolute Gasteiger partial charge is 0.0746 e. The number of thiophene rings is 1. The van der Waals surface area contributed by atoms with Crippen LogP contribution in [0.3, 0.4) is 0 Å². The molecule has 1 atom stereocenters. The molecule has 2 heteroatoms. The molecule has 0 spiro atoms. The first-order valence-electron chi connectivity index (χ1n) is 5.25. The molecule has 0 saturated carbocycles. The number of hydrogen-bond donors (Lipinski definition) is 1. The van der Waals surface area contributed by atoms with Crippen LogP contribution in [-0.2, 0) is 0 Å². The van der Waals surface area contributed by atoms with E-state index in [4.69, 9.17) is 6.42 Å². The van der Waals surface area contributed by atoms with Gasteiger partial charge in [0.2, 0.25) is 0 Å². The minimum absolute atomic E-state index is 0.251. The highest BCUT2D eigenvalue weighted by Gasteiger charge is 2.23. The fraction of sp³-hybridized carbons (Fsp3) is 0.538. The number of nitrogens with one attached hydrogen (secondary N) is 1. The van der Waals surface area contributed by atoms with Crippen molar-refractivity contribution in [2.24, 2.45) is 5.92 Å². The third-order valence-electron chi connectivity index (χ3n) is 2.39. The Kier molecular flexibility index (Phi) is 3.96. The molecule has 1 unspecified atom stereocenters. The van der Waals surface area contributed by atoms with Crippen molar-refractivity contribution in [2.45, 2.75) is 39.3 Å². The molecular weight excluding hydrogens is 202 g/mol. The maximum absolute atomic E-state index is 5.50. The first kappa shape index (κ1) is 12.3. The molecule has 1 N–H and O–H groups in total. The Balaban J connectivity index is 2.83. The van der Waals surface area contributed by atoms with Gasteiger partial charge in [-0.2, -0.15) is 0 Å². The molecular formula is C13H19NS. The van der Waals surface area contributed by atoms with Crippen LogP contribution in [0.25, 0.3) is 0 Å². The van der Waals surface area contributed by atoms with Gasteiger partial charge in [0.25, 0.3) is 0 Å². The van der Waals surface area contributed by atoms with Crippen molar-refractivity contribution in [1.82, 2.24) is 5.32 Å². The van der Waals surface area contributed by atoms with E-state index in [1.165, 1.54) is 4.88 Å². The molecule has 1 rings (SSSR count). The molecule has 15 heavy (non-hydrogen) atoms. The summed E-state index contributed by atoms with van der Waals surface area (Å²) in [4.78, 5) is 1.35. The Morgan fingerprint density at radius 2 is 2.13 bits per heavy atom. The van der Waals surface area contributed by atoms with Crippen LogP contribution >= 0.6 is 11.3 Å². The largest absolute Gasteiger partial charge is 0.294 e. The van der Waals surface area contributed by atoms with E-state index >= 15 is 0 Å². The maximum atomic E-state index is 5.50. The number of rotatable bonds is 4. The SMILES string of the molecule is C#CC(C)(C)NC(c1cccs1)C(C)C. The predicted octanol–water partition coefficient (Wildman–Crippen LogP) is 3.45. The molecule has 1 aromatic heterocycles. The first-order chi connectivity index (χ1) is 6.96. The lowest BCUT2D eigenvalue weighted by molar-refractivity contribution is 0.345. The molecule has 0 bridgehead atoms. The Labute approximate surface area is 96.9 Å². The second-order valence-electron chi connectivity index (χ2n) is 4.65. The van der Waals surface area contributed by atoms with Gasteiger partial charge in [-0.15, -0.1) is 17.8 Å². The molecule has 0 fully saturated rings. The van der Waals surface area contributed by atoms with Gasteiger partial charge in [0.1, 0.15) is 0 Å². The van der Waals surface area contributed by atoms with Crippen LogP contribution in [0.1, 0.15) is 38.6 Å². The zero-order chi connectivity index (χ0) is 11.5. The van der Waals surface area contributed by atoms with Crippen LogP contribution in [0.2, 0.25) is 0 Å². The van der Waals surface area contributed by atoms with Gasteiger partial charge in [-0.1, -0.05) is 25.8 Å². The Bertz CT molecular complexity index is 330. The van der Waals surface area contributed by atoms with Crippen LogP contribution in [0, 0.1) is 18.3 Å². The molecule has 1 heterocycles. The van der Waals surface area contributed by atoms with Gasteiger partial charge in [-0.3, -0.25) is 5.32 Å². The summed E-state index contributed by atoms with van der Waals surface area (Å²) in [5.41, 5.74) is -0.251. The highest BCUT2D eigenvalue weighted by atomic mass is 32.1. The topological polar surface area (TPSA) is 12.0 Å². The van der Waals surface area contributed by atoms with Crippen molar-refractivity contribution in [3.63, 3.8) is 0 Å². The predicted molar refractivity (Wildman–Crippen MR) is 67.9 cm³/mol. The summed E-state index contributed by atoms with van der Waals surface area (Å²) in [6.45, 7) is 8.50. The summed E-state index contributed by atoms with van der Waals surface area (Å²) in [5.74, 6) is 3.32. The van der Waals surface area contributed by atoms with Gasteiger partial charge in [0.05, 0.1) is 5.54 Å². The third kappa shape index (κ3) is 3.37. The van der Waals surface area contributed by atoms with E-state index in [-0.39, 0.29) is 5.54 Å². The van der Waals surface area contributed by atoms with Crippen LogP contribution < -0.4 is 5.32 Å². The lowest BCUT2D eigenvalue weighted by atomic mass is 9.97. The summed E-state index contributed by atoms with van der Waals surface area (Å²) in [7, 11) is 0. The standard InChI is InChI=1S/C13H19NS/c1-6-13(4,5)14-12(10(2)3)11-8-7-9-15-11/h1,7-10,12,14H,2-5H3. The Hall–Kier alpha value is -0.780. The van der Waals surface area contributed by atoms with Gasteiger partial charge in [-0.05, 0) is 31.2 Å². The Morgan fingerprint density at radius 3 is 2.53 bits per heavy atom. The van der Waals surface area contributed by atoms with E-state index in [0.29, 0.717) is 12.0 Å². The van der Waals surface area contributed by atoms with E-state index < -0.39 is 0 Å². The van der Waals surface area contributed by atoms with E-state index in [2.05, 4.69) is 42.6 Å². The van der Waals surface area contributed by atoms with Crippen molar-refractivity contribution in [3.8, 4) is 12.3 Å². The summed E-state index contributed by atoms with van der Waals surface area (Å²) in [6, 6.07) is 4.59. The molecule has 0 radical (unpaired) electrons. The second kappa shape index (κ2) is 4.83. The van der Waals surface area contributed by atoms with Gasteiger partial charge < -0.3 is 0 Å². The zero-order valence-electron chi connectivity index (χ0n) is 9.87. The maximum Gasteiger partial charge on any atom is 0.0746 e. The third-order valence-corrected chi connectivity index (χ3v) is 3.35. The van der Waals surface area contributed by atoms with Crippen LogP contribution in [0.15, 0.2) is 17.5 Å².